The minimum atomic E-state index is -0.419. The van der Waals surface area contributed by atoms with Crippen LogP contribution in [0.1, 0.15) is 27.8 Å². The third-order valence-electron chi connectivity index (χ3n) is 4.08. The zero-order valence-corrected chi connectivity index (χ0v) is 13.7. The molecule has 0 radical (unpaired) electrons. The number of nitrogens with zero attached hydrogens (tertiary/aromatic N) is 2. The zero-order chi connectivity index (χ0) is 16.7. The molecule has 120 valence electrons. The Morgan fingerprint density at radius 1 is 1.04 bits per heavy atom. The van der Waals surface area contributed by atoms with Gasteiger partial charge in [-0.15, -0.1) is 0 Å². The molecule has 0 fully saturated rings. The van der Waals surface area contributed by atoms with Gasteiger partial charge in [-0.05, 0) is 31.2 Å². The van der Waals surface area contributed by atoms with Gasteiger partial charge in [-0.2, -0.15) is 5.10 Å². The lowest BCUT2D eigenvalue weighted by Crippen LogP contribution is -2.38. The third kappa shape index (κ3) is 2.34. The Morgan fingerprint density at radius 2 is 1.75 bits per heavy atom. The SMILES string of the molecule is Cc1nn(-c2ccccc2)c(Cl)c1[C@@H]1NC(=O)c2ccccc2N1. The second kappa shape index (κ2) is 5.69. The van der Waals surface area contributed by atoms with Gasteiger partial charge < -0.3 is 10.6 Å². The van der Waals surface area contributed by atoms with Crippen molar-refractivity contribution >= 4 is 23.2 Å². The molecule has 0 saturated carbocycles. The van der Waals surface area contributed by atoms with Gasteiger partial charge in [0.2, 0.25) is 0 Å². The largest absolute Gasteiger partial charge is 0.361 e. The van der Waals surface area contributed by atoms with E-state index in [1.165, 1.54) is 0 Å². The molecular weight excluding hydrogens is 324 g/mol. The molecule has 1 aliphatic rings. The summed E-state index contributed by atoms with van der Waals surface area (Å²) in [7, 11) is 0. The molecule has 2 heterocycles. The Morgan fingerprint density at radius 3 is 2.54 bits per heavy atom. The van der Waals surface area contributed by atoms with Crippen molar-refractivity contribution in [3.63, 3.8) is 0 Å². The van der Waals surface area contributed by atoms with Gasteiger partial charge in [-0.25, -0.2) is 4.68 Å². The van der Waals surface area contributed by atoms with E-state index in [9.17, 15) is 4.79 Å². The van der Waals surface area contributed by atoms with Crippen molar-refractivity contribution in [1.29, 1.82) is 0 Å². The molecule has 1 atom stereocenters. The quantitative estimate of drug-likeness (QED) is 0.749. The van der Waals surface area contributed by atoms with Gasteiger partial charge in [0, 0.05) is 5.69 Å². The average Bonchev–Trinajstić information content (AvgIpc) is 2.90. The number of aryl methyl sites for hydroxylation is 1. The Bertz CT molecular complexity index is 920. The average molecular weight is 339 g/mol. The van der Waals surface area contributed by atoms with Crippen molar-refractivity contribution in [3.05, 3.63) is 76.6 Å². The Labute approximate surface area is 144 Å². The predicted molar refractivity (Wildman–Crippen MR) is 93.6 cm³/mol. The van der Waals surface area contributed by atoms with Crippen molar-refractivity contribution < 1.29 is 4.79 Å². The van der Waals surface area contributed by atoms with E-state index in [2.05, 4.69) is 15.7 Å². The summed E-state index contributed by atoms with van der Waals surface area (Å²) < 4.78 is 1.68. The van der Waals surface area contributed by atoms with E-state index in [0.29, 0.717) is 10.7 Å². The van der Waals surface area contributed by atoms with Crippen LogP contribution in [0.4, 0.5) is 5.69 Å². The highest BCUT2D eigenvalue weighted by Crippen LogP contribution is 2.33. The second-order valence-electron chi connectivity index (χ2n) is 5.63. The summed E-state index contributed by atoms with van der Waals surface area (Å²) >= 11 is 6.58. The first-order valence-corrected chi connectivity index (χ1v) is 8.00. The van der Waals surface area contributed by atoms with Crippen LogP contribution in [0.2, 0.25) is 5.15 Å². The van der Waals surface area contributed by atoms with Crippen molar-refractivity contribution in [2.24, 2.45) is 0 Å². The fraction of sp³-hybridized carbons (Fsp3) is 0.111. The van der Waals surface area contributed by atoms with Gasteiger partial charge in [0.1, 0.15) is 11.3 Å². The summed E-state index contributed by atoms with van der Waals surface area (Å²) in [6, 6.07) is 17.1. The van der Waals surface area contributed by atoms with Gasteiger partial charge >= 0.3 is 0 Å². The number of nitrogens with one attached hydrogen (secondary N) is 2. The molecule has 3 aromatic rings. The zero-order valence-electron chi connectivity index (χ0n) is 13.0. The molecule has 2 aromatic carbocycles. The maximum atomic E-state index is 12.3. The molecule has 4 rings (SSSR count). The van der Waals surface area contributed by atoms with Gasteiger partial charge in [0.25, 0.3) is 5.91 Å². The topological polar surface area (TPSA) is 59.0 Å². The smallest absolute Gasteiger partial charge is 0.255 e. The number of hydrogen-bond acceptors (Lipinski definition) is 3. The first kappa shape index (κ1) is 14.8. The molecule has 0 saturated heterocycles. The lowest BCUT2D eigenvalue weighted by Gasteiger charge is -2.27. The van der Waals surface area contributed by atoms with E-state index in [4.69, 9.17) is 11.6 Å². The molecule has 0 aliphatic carbocycles. The van der Waals surface area contributed by atoms with Crippen LogP contribution < -0.4 is 10.6 Å². The van der Waals surface area contributed by atoms with Crippen molar-refractivity contribution in [3.8, 4) is 5.69 Å². The minimum absolute atomic E-state index is 0.128. The molecule has 0 spiro atoms. The number of fused-ring (bicyclic) bond motifs is 1. The number of para-hydroxylation sites is 2. The van der Waals surface area contributed by atoms with Crippen LogP contribution in [0.3, 0.4) is 0 Å². The van der Waals surface area contributed by atoms with Crippen LogP contribution in [-0.4, -0.2) is 15.7 Å². The maximum Gasteiger partial charge on any atom is 0.255 e. The number of carbonyl (C=O) groups excluding carboxylic acids is 1. The molecule has 2 N–H and O–H groups in total. The number of amides is 1. The number of benzene rings is 2. The molecule has 1 amide bonds. The van der Waals surface area contributed by atoms with Gasteiger partial charge in [0.05, 0.1) is 22.5 Å². The summed E-state index contributed by atoms with van der Waals surface area (Å²) in [5.74, 6) is -0.128. The van der Waals surface area contributed by atoms with Crippen LogP contribution in [-0.2, 0) is 0 Å². The van der Waals surface area contributed by atoms with E-state index in [1.54, 1.807) is 10.7 Å². The molecule has 0 unspecified atom stereocenters. The Hall–Kier alpha value is -2.79. The number of halogens is 1. The minimum Gasteiger partial charge on any atom is -0.361 e. The molecule has 1 aromatic heterocycles. The first-order valence-electron chi connectivity index (χ1n) is 7.62. The van der Waals surface area contributed by atoms with E-state index in [1.807, 2.05) is 55.5 Å². The van der Waals surface area contributed by atoms with Crippen molar-refractivity contribution in [2.75, 3.05) is 5.32 Å². The van der Waals surface area contributed by atoms with Gasteiger partial charge in [-0.1, -0.05) is 41.9 Å². The van der Waals surface area contributed by atoms with Gasteiger partial charge in [-0.3, -0.25) is 4.79 Å². The highest BCUT2D eigenvalue weighted by atomic mass is 35.5. The summed E-state index contributed by atoms with van der Waals surface area (Å²) in [6.07, 6.45) is -0.419. The maximum absolute atomic E-state index is 12.3. The molecular formula is C18H15ClN4O. The molecule has 6 heteroatoms. The second-order valence-corrected chi connectivity index (χ2v) is 5.99. The van der Waals surface area contributed by atoms with Gasteiger partial charge in [0.15, 0.2) is 0 Å². The molecule has 0 bridgehead atoms. The Kier molecular flexibility index (Phi) is 3.50. The van der Waals surface area contributed by atoms with Crippen LogP contribution in [0.15, 0.2) is 54.6 Å². The number of hydrogen-bond donors (Lipinski definition) is 2. The number of carbonyl (C=O) groups is 1. The normalized spacial score (nSPS) is 16.2. The van der Waals surface area contributed by atoms with E-state index in [0.717, 1.165) is 22.6 Å². The lowest BCUT2D eigenvalue weighted by molar-refractivity contribution is 0.0935. The highest BCUT2D eigenvalue weighted by molar-refractivity contribution is 6.30. The fourth-order valence-electron chi connectivity index (χ4n) is 2.93. The third-order valence-corrected chi connectivity index (χ3v) is 4.45. The number of anilines is 1. The van der Waals surface area contributed by atoms with Crippen molar-refractivity contribution in [2.45, 2.75) is 13.1 Å². The number of rotatable bonds is 2. The van der Waals surface area contributed by atoms with Crippen LogP contribution in [0, 0.1) is 6.92 Å². The van der Waals surface area contributed by atoms with Crippen LogP contribution in [0.25, 0.3) is 5.69 Å². The number of aromatic nitrogens is 2. The van der Waals surface area contributed by atoms with E-state index < -0.39 is 6.17 Å². The summed E-state index contributed by atoms with van der Waals surface area (Å²) in [5, 5.41) is 11.3. The summed E-state index contributed by atoms with van der Waals surface area (Å²) in [5.41, 5.74) is 3.82. The molecule has 24 heavy (non-hydrogen) atoms. The van der Waals surface area contributed by atoms with E-state index in [-0.39, 0.29) is 5.91 Å². The summed E-state index contributed by atoms with van der Waals surface area (Å²) in [4.78, 5) is 12.3. The highest BCUT2D eigenvalue weighted by Gasteiger charge is 2.29. The van der Waals surface area contributed by atoms with Crippen LogP contribution in [0.5, 0.6) is 0 Å². The standard InChI is InChI=1S/C18H15ClN4O/c1-11-15(16(19)23(22-11)12-7-3-2-4-8-12)17-20-14-10-6-5-9-13(14)18(24)21-17/h2-10,17,20H,1H3,(H,21,24)/t17-/m0/s1. The lowest BCUT2D eigenvalue weighted by atomic mass is 10.1. The predicted octanol–water partition coefficient (Wildman–Crippen LogP) is 3.69. The first-order chi connectivity index (χ1) is 11.6. The Balaban J connectivity index is 1.76. The summed E-state index contributed by atoms with van der Waals surface area (Å²) in [6.45, 7) is 1.88. The monoisotopic (exact) mass is 338 g/mol. The van der Waals surface area contributed by atoms with Crippen LogP contribution >= 0.6 is 11.6 Å². The van der Waals surface area contributed by atoms with E-state index >= 15 is 0 Å². The fourth-order valence-corrected chi connectivity index (χ4v) is 3.31. The molecule has 5 nitrogen and oxygen atoms in total. The molecule has 1 aliphatic heterocycles. The van der Waals surface area contributed by atoms with Crippen molar-refractivity contribution in [1.82, 2.24) is 15.1 Å².